The third-order valence-electron chi connectivity index (χ3n) is 5.49. The molecule has 1 aromatic carbocycles. The zero-order chi connectivity index (χ0) is 22.6. The Morgan fingerprint density at radius 3 is 2.52 bits per heavy atom. The summed E-state index contributed by atoms with van der Waals surface area (Å²) < 4.78 is 42.9. The number of anilines is 1. The van der Waals surface area contributed by atoms with Crippen LogP contribution in [0.1, 0.15) is 36.4 Å². The molecule has 4 rings (SSSR count). The van der Waals surface area contributed by atoms with Gasteiger partial charge in [-0.3, -0.25) is 0 Å². The van der Waals surface area contributed by atoms with E-state index < -0.39 is 17.5 Å². The smallest absolute Gasteiger partial charge is 0.392 e. The predicted molar refractivity (Wildman–Crippen MR) is 113 cm³/mol. The number of halogens is 3. The molecule has 0 saturated carbocycles. The summed E-state index contributed by atoms with van der Waals surface area (Å²) in [5, 5.41) is 20.7. The molecule has 2 N–H and O–H groups in total. The molecule has 0 saturated heterocycles. The number of hydrogen-bond acceptors (Lipinski definition) is 6. The first-order chi connectivity index (χ1) is 14.5. The Balaban J connectivity index is 1.72. The van der Waals surface area contributed by atoms with Crippen molar-refractivity contribution in [2.75, 3.05) is 17.7 Å². The van der Waals surface area contributed by atoms with Crippen molar-refractivity contribution < 1.29 is 23.4 Å². The lowest BCUT2D eigenvalue weighted by molar-refractivity contribution is -0.144. The second-order valence-electron chi connectivity index (χ2n) is 8.08. The van der Waals surface area contributed by atoms with Crippen LogP contribution in [-0.4, -0.2) is 37.5 Å². The molecular formula is C21H23F3N4O2S. The first kappa shape index (κ1) is 21.9. The van der Waals surface area contributed by atoms with Crippen molar-refractivity contribution >= 4 is 28.6 Å². The van der Waals surface area contributed by atoms with Crippen molar-refractivity contribution in [3.63, 3.8) is 0 Å². The van der Waals surface area contributed by atoms with Crippen LogP contribution in [0.4, 0.5) is 19.1 Å². The number of thioether (sulfide) groups is 1. The average Bonchev–Trinajstić information content (AvgIpc) is 3.07. The van der Waals surface area contributed by atoms with Crippen molar-refractivity contribution in [1.29, 1.82) is 0 Å². The summed E-state index contributed by atoms with van der Waals surface area (Å²) in [5.74, 6) is -0.0160. The second-order valence-corrected chi connectivity index (χ2v) is 8.93. The van der Waals surface area contributed by atoms with Gasteiger partial charge in [0, 0.05) is 46.3 Å². The number of rotatable bonds is 4. The SMILES string of the molecule is CSc1cc2c(cc1CO)cc1n2CCN(c2ncc(C(C)(C)O)c(C(F)(F)F)n2)C1. The number of alkyl halides is 3. The highest BCUT2D eigenvalue weighted by atomic mass is 32.2. The van der Waals surface area contributed by atoms with Gasteiger partial charge < -0.3 is 19.7 Å². The maximum absolute atomic E-state index is 13.6. The second kappa shape index (κ2) is 7.68. The summed E-state index contributed by atoms with van der Waals surface area (Å²) in [5.41, 5.74) is -0.362. The van der Waals surface area contributed by atoms with Gasteiger partial charge in [0.05, 0.1) is 18.8 Å². The lowest BCUT2D eigenvalue weighted by Gasteiger charge is -2.30. The van der Waals surface area contributed by atoms with Crippen LogP contribution in [0, 0.1) is 0 Å². The largest absolute Gasteiger partial charge is 0.433 e. The summed E-state index contributed by atoms with van der Waals surface area (Å²) in [6.07, 6.45) is -1.69. The minimum absolute atomic E-state index is 0.0160. The normalized spacial score (nSPS) is 14.9. The molecule has 1 aliphatic heterocycles. The van der Waals surface area contributed by atoms with Crippen LogP contribution in [0.2, 0.25) is 0 Å². The molecule has 6 nitrogen and oxygen atoms in total. The summed E-state index contributed by atoms with van der Waals surface area (Å²) in [6.45, 7) is 3.89. The van der Waals surface area contributed by atoms with Gasteiger partial charge in [-0.1, -0.05) is 0 Å². The molecule has 0 fully saturated rings. The van der Waals surface area contributed by atoms with E-state index in [0.717, 1.165) is 33.3 Å². The van der Waals surface area contributed by atoms with E-state index in [4.69, 9.17) is 0 Å². The molecule has 2 aromatic heterocycles. The molecule has 0 spiro atoms. The molecule has 10 heteroatoms. The Kier molecular flexibility index (Phi) is 5.43. The molecule has 0 unspecified atom stereocenters. The highest BCUT2D eigenvalue weighted by molar-refractivity contribution is 7.98. The number of aliphatic hydroxyl groups is 2. The molecule has 3 aromatic rings. The summed E-state index contributed by atoms with van der Waals surface area (Å²) in [7, 11) is 0. The monoisotopic (exact) mass is 452 g/mol. The molecule has 0 amide bonds. The zero-order valence-corrected chi connectivity index (χ0v) is 18.2. The fourth-order valence-electron chi connectivity index (χ4n) is 3.96. The Bertz CT molecular complexity index is 1140. The van der Waals surface area contributed by atoms with E-state index in [-0.39, 0.29) is 18.1 Å². The van der Waals surface area contributed by atoms with Crippen LogP contribution in [0.5, 0.6) is 0 Å². The van der Waals surface area contributed by atoms with Crippen molar-refractivity contribution in [1.82, 2.24) is 14.5 Å². The first-order valence-corrected chi connectivity index (χ1v) is 11.0. The maximum Gasteiger partial charge on any atom is 0.433 e. The molecule has 0 radical (unpaired) electrons. The van der Waals surface area contributed by atoms with Gasteiger partial charge in [0.25, 0.3) is 0 Å². The molecule has 0 atom stereocenters. The quantitative estimate of drug-likeness (QED) is 0.585. The van der Waals surface area contributed by atoms with Crippen molar-refractivity contribution in [3.8, 4) is 0 Å². The van der Waals surface area contributed by atoms with Gasteiger partial charge in [0.1, 0.15) is 0 Å². The predicted octanol–water partition coefficient (Wildman–Crippen LogP) is 3.91. The molecular weight excluding hydrogens is 429 g/mol. The van der Waals surface area contributed by atoms with Crippen LogP contribution in [-0.2, 0) is 31.5 Å². The summed E-state index contributed by atoms with van der Waals surface area (Å²) >= 11 is 1.56. The van der Waals surface area contributed by atoms with E-state index in [1.807, 2.05) is 24.5 Å². The third kappa shape index (κ3) is 3.99. The van der Waals surface area contributed by atoms with Gasteiger partial charge in [-0.2, -0.15) is 13.2 Å². The van der Waals surface area contributed by atoms with Gasteiger partial charge in [0.2, 0.25) is 5.95 Å². The van der Waals surface area contributed by atoms with Crippen LogP contribution in [0.3, 0.4) is 0 Å². The van der Waals surface area contributed by atoms with Gasteiger partial charge in [-0.15, -0.1) is 11.8 Å². The number of benzene rings is 1. The molecule has 0 aliphatic carbocycles. The molecule has 1 aliphatic rings. The lowest BCUT2D eigenvalue weighted by Crippen LogP contribution is -2.35. The van der Waals surface area contributed by atoms with Gasteiger partial charge in [0.15, 0.2) is 5.69 Å². The van der Waals surface area contributed by atoms with Crippen LogP contribution >= 0.6 is 11.8 Å². The Morgan fingerprint density at radius 2 is 1.90 bits per heavy atom. The summed E-state index contributed by atoms with van der Waals surface area (Å²) in [6, 6.07) is 5.98. The van der Waals surface area contributed by atoms with E-state index in [0.29, 0.717) is 19.6 Å². The van der Waals surface area contributed by atoms with Gasteiger partial charge in [-0.25, -0.2) is 9.97 Å². The lowest BCUT2D eigenvalue weighted by atomic mass is 9.98. The van der Waals surface area contributed by atoms with Crippen molar-refractivity contribution in [2.45, 2.75) is 50.2 Å². The highest BCUT2D eigenvalue weighted by Gasteiger charge is 2.40. The standard InChI is InChI=1S/C21H23F3N4O2S/c1-20(2,30)15-9-25-19(26-18(15)21(22,23)24)27-4-5-28-14(10-27)7-12-6-13(11-29)17(31-3)8-16(12)28/h6-9,29-30H,4-5,10-11H2,1-3H3. The van der Waals surface area contributed by atoms with Gasteiger partial charge in [-0.05, 0) is 43.9 Å². The number of aromatic nitrogens is 3. The molecule has 31 heavy (non-hydrogen) atoms. The van der Waals surface area contributed by atoms with E-state index >= 15 is 0 Å². The minimum atomic E-state index is -4.70. The average molecular weight is 453 g/mol. The highest BCUT2D eigenvalue weighted by Crippen LogP contribution is 2.37. The number of aliphatic hydroxyl groups excluding tert-OH is 1. The summed E-state index contributed by atoms with van der Waals surface area (Å²) in [4.78, 5) is 10.6. The number of fused-ring (bicyclic) bond motifs is 3. The fourth-order valence-corrected chi connectivity index (χ4v) is 4.57. The first-order valence-electron chi connectivity index (χ1n) is 9.75. The van der Waals surface area contributed by atoms with Crippen LogP contribution in [0.15, 0.2) is 29.3 Å². The van der Waals surface area contributed by atoms with E-state index in [1.165, 1.54) is 13.8 Å². The van der Waals surface area contributed by atoms with Crippen molar-refractivity contribution in [3.05, 3.63) is 46.9 Å². The molecule has 0 bridgehead atoms. The Morgan fingerprint density at radius 1 is 1.16 bits per heavy atom. The van der Waals surface area contributed by atoms with Crippen molar-refractivity contribution in [2.24, 2.45) is 0 Å². The van der Waals surface area contributed by atoms with E-state index in [2.05, 4.69) is 14.5 Å². The molecule has 166 valence electrons. The number of nitrogens with zero attached hydrogens (tertiary/aromatic N) is 4. The minimum Gasteiger partial charge on any atom is -0.392 e. The third-order valence-corrected chi connectivity index (χ3v) is 6.31. The Labute approximate surface area is 181 Å². The van der Waals surface area contributed by atoms with E-state index in [9.17, 15) is 23.4 Å². The zero-order valence-electron chi connectivity index (χ0n) is 17.4. The molecule has 3 heterocycles. The topological polar surface area (TPSA) is 74.4 Å². The fraction of sp³-hybridized carbons (Fsp3) is 0.429. The van der Waals surface area contributed by atoms with Crippen LogP contribution < -0.4 is 4.90 Å². The Hall–Kier alpha value is -2.30. The number of hydrogen-bond donors (Lipinski definition) is 2. The maximum atomic E-state index is 13.6. The van der Waals surface area contributed by atoms with Crippen LogP contribution in [0.25, 0.3) is 10.9 Å². The van der Waals surface area contributed by atoms with E-state index in [1.54, 1.807) is 16.7 Å². The van der Waals surface area contributed by atoms with Gasteiger partial charge >= 0.3 is 6.18 Å².